The van der Waals surface area contributed by atoms with Crippen LogP contribution in [0, 0.1) is 0 Å². The standard InChI is InChI=1S/C40H71O10P/c1-3-5-7-9-11-13-15-17-18-20-22-24-26-28-30-32-40(44)50-38(36-49-51(45,46)48-34-37(42)33-41)35-47-39(43)31-29-27-25-23-21-19-16-14-12-10-8-6-4-2/h5,7,11,13-14,16-18,37-38,41-42H,3-4,6,8-10,12,15,19-36H2,1-2H3,(H,45,46)/t37-,38+/m0/s1. The number of carbonyl (C=O) groups excluding carboxylic acids is 2. The number of hydrogen-bond donors (Lipinski definition) is 3. The van der Waals surface area contributed by atoms with E-state index < -0.39 is 51.8 Å². The molecule has 1 unspecified atom stereocenters. The molecule has 0 aromatic carbocycles. The van der Waals surface area contributed by atoms with Crippen molar-refractivity contribution in [2.75, 3.05) is 26.4 Å². The first kappa shape index (κ1) is 48.9. The van der Waals surface area contributed by atoms with Crippen LogP contribution in [0.3, 0.4) is 0 Å². The minimum absolute atomic E-state index is 0.162. The zero-order valence-electron chi connectivity index (χ0n) is 31.8. The molecule has 0 rings (SSSR count). The summed E-state index contributed by atoms with van der Waals surface area (Å²) in [4.78, 5) is 34.8. The van der Waals surface area contributed by atoms with E-state index in [4.69, 9.17) is 19.1 Å². The van der Waals surface area contributed by atoms with Gasteiger partial charge in [-0.3, -0.25) is 18.6 Å². The van der Waals surface area contributed by atoms with Crippen molar-refractivity contribution in [3.8, 4) is 0 Å². The molecule has 0 spiro atoms. The Morgan fingerprint density at radius 1 is 0.608 bits per heavy atom. The average molecular weight is 743 g/mol. The maximum atomic E-state index is 12.6. The van der Waals surface area contributed by atoms with E-state index in [-0.39, 0.29) is 19.4 Å². The average Bonchev–Trinajstić information content (AvgIpc) is 3.12. The fourth-order valence-electron chi connectivity index (χ4n) is 4.94. The molecule has 51 heavy (non-hydrogen) atoms. The van der Waals surface area contributed by atoms with Gasteiger partial charge in [-0.05, 0) is 70.6 Å². The number of hydrogen-bond acceptors (Lipinski definition) is 9. The lowest BCUT2D eigenvalue weighted by Gasteiger charge is -2.20. The number of carbonyl (C=O) groups is 2. The molecule has 0 fully saturated rings. The van der Waals surface area contributed by atoms with Crippen molar-refractivity contribution in [3.63, 3.8) is 0 Å². The first-order valence-electron chi connectivity index (χ1n) is 19.6. The van der Waals surface area contributed by atoms with Gasteiger partial charge in [0.05, 0.1) is 19.8 Å². The summed E-state index contributed by atoms with van der Waals surface area (Å²) in [5.41, 5.74) is 0. The molecule has 0 aromatic rings. The number of rotatable bonds is 36. The lowest BCUT2D eigenvalue weighted by Crippen LogP contribution is -2.29. The minimum Gasteiger partial charge on any atom is -0.462 e. The zero-order chi connectivity index (χ0) is 37.7. The highest BCUT2D eigenvalue weighted by molar-refractivity contribution is 7.47. The smallest absolute Gasteiger partial charge is 0.462 e. The molecule has 0 aliphatic heterocycles. The number of aliphatic hydroxyl groups is 2. The van der Waals surface area contributed by atoms with Crippen LogP contribution < -0.4 is 0 Å². The Balaban J connectivity index is 4.41. The summed E-state index contributed by atoms with van der Waals surface area (Å²) in [6, 6.07) is 0. The Morgan fingerprint density at radius 3 is 1.65 bits per heavy atom. The highest BCUT2D eigenvalue weighted by Crippen LogP contribution is 2.43. The van der Waals surface area contributed by atoms with Crippen molar-refractivity contribution in [1.82, 2.24) is 0 Å². The normalized spacial score (nSPS) is 14.5. The summed E-state index contributed by atoms with van der Waals surface area (Å²) in [7, 11) is -4.62. The first-order chi connectivity index (χ1) is 24.7. The Morgan fingerprint density at radius 2 is 1.08 bits per heavy atom. The van der Waals surface area contributed by atoms with Gasteiger partial charge in [-0.15, -0.1) is 0 Å². The van der Waals surface area contributed by atoms with E-state index >= 15 is 0 Å². The molecule has 296 valence electrons. The van der Waals surface area contributed by atoms with Crippen molar-refractivity contribution < 1.29 is 47.8 Å². The van der Waals surface area contributed by atoms with Gasteiger partial charge in [-0.1, -0.05) is 120 Å². The summed E-state index contributed by atoms with van der Waals surface area (Å²) in [6.07, 6.45) is 36.5. The monoisotopic (exact) mass is 742 g/mol. The number of esters is 2. The van der Waals surface area contributed by atoms with Crippen LogP contribution in [0.4, 0.5) is 0 Å². The summed E-state index contributed by atoms with van der Waals surface area (Å²) in [6.45, 7) is 2.20. The molecule has 0 amide bonds. The fourth-order valence-corrected chi connectivity index (χ4v) is 5.73. The van der Waals surface area contributed by atoms with Gasteiger partial charge in [0.1, 0.15) is 12.7 Å². The highest BCUT2D eigenvalue weighted by Gasteiger charge is 2.27. The minimum atomic E-state index is -4.62. The topological polar surface area (TPSA) is 149 Å². The van der Waals surface area contributed by atoms with Gasteiger partial charge in [0, 0.05) is 12.8 Å². The Bertz CT molecular complexity index is 994. The van der Waals surface area contributed by atoms with E-state index in [1.54, 1.807) is 0 Å². The fraction of sp³-hybridized carbons (Fsp3) is 0.750. The molecule has 0 saturated heterocycles. The van der Waals surface area contributed by atoms with E-state index in [2.05, 4.69) is 67.0 Å². The molecular weight excluding hydrogens is 671 g/mol. The van der Waals surface area contributed by atoms with Crippen molar-refractivity contribution in [1.29, 1.82) is 0 Å². The second kappa shape index (κ2) is 36.3. The van der Waals surface area contributed by atoms with Crippen LogP contribution in [0.1, 0.15) is 155 Å². The van der Waals surface area contributed by atoms with Crippen molar-refractivity contribution in [3.05, 3.63) is 48.6 Å². The Labute approximate surface area is 309 Å². The predicted octanol–water partition coefficient (Wildman–Crippen LogP) is 9.77. The maximum Gasteiger partial charge on any atom is 0.472 e. The van der Waals surface area contributed by atoms with Crippen molar-refractivity contribution >= 4 is 19.8 Å². The number of ether oxygens (including phenoxy) is 2. The molecule has 0 heterocycles. The van der Waals surface area contributed by atoms with E-state index in [0.29, 0.717) is 12.8 Å². The Kier molecular flexibility index (Phi) is 34.8. The molecule has 0 aromatic heterocycles. The van der Waals surface area contributed by atoms with Gasteiger partial charge in [-0.2, -0.15) is 0 Å². The van der Waals surface area contributed by atoms with Gasteiger partial charge in [0.25, 0.3) is 0 Å². The van der Waals surface area contributed by atoms with Gasteiger partial charge in [-0.25, -0.2) is 4.57 Å². The molecule has 0 saturated carbocycles. The number of phosphoric acid groups is 1. The lowest BCUT2D eigenvalue weighted by atomic mass is 10.1. The molecule has 11 heteroatoms. The first-order valence-corrected chi connectivity index (χ1v) is 21.1. The van der Waals surface area contributed by atoms with E-state index in [1.807, 2.05) is 0 Å². The second-order valence-corrected chi connectivity index (χ2v) is 14.4. The van der Waals surface area contributed by atoms with Gasteiger partial charge in [0.15, 0.2) is 6.10 Å². The number of aliphatic hydroxyl groups excluding tert-OH is 2. The van der Waals surface area contributed by atoms with E-state index in [9.17, 15) is 24.2 Å². The third kappa shape index (κ3) is 36.1. The Hall–Kier alpha value is -2.07. The molecule has 10 nitrogen and oxygen atoms in total. The quantitative estimate of drug-likeness (QED) is 0.0245. The summed E-state index contributed by atoms with van der Waals surface area (Å²) < 4.78 is 32.6. The van der Waals surface area contributed by atoms with Crippen LogP contribution in [-0.4, -0.2) is 65.7 Å². The lowest BCUT2D eigenvalue weighted by molar-refractivity contribution is -0.161. The zero-order valence-corrected chi connectivity index (χ0v) is 32.7. The number of allylic oxidation sites excluding steroid dienone is 8. The van der Waals surface area contributed by atoms with Crippen LogP contribution >= 0.6 is 7.82 Å². The van der Waals surface area contributed by atoms with E-state index in [1.165, 1.54) is 25.7 Å². The third-order valence-corrected chi connectivity index (χ3v) is 8.92. The van der Waals surface area contributed by atoms with Crippen LogP contribution in [0.15, 0.2) is 48.6 Å². The van der Waals surface area contributed by atoms with Crippen LogP contribution in [-0.2, 0) is 32.7 Å². The molecule has 0 radical (unpaired) electrons. The second-order valence-electron chi connectivity index (χ2n) is 12.9. The molecule has 3 N–H and O–H groups in total. The largest absolute Gasteiger partial charge is 0.472 e. The SMILES string of the molecule is CCC=CCC=CCC=CCCCCCCCC(=O)O[C@H](COC(=O)CCCCCCCC=CCCCCCC)COP(=O)(O)OC[C@@H](O)CO. The van der Waals surface area contributed by atoms with Crippen molar-refractivity contribution in [2.45, 2.75) is 167 Å². The molecular formula is C40H71O10P. The molecule has 0 bridgehead atoms. The molecule has 0 aliphatic carbocycles. The summed E-state index contributed by atoms with van der Waals surface area (Å²) in [5.74, 6) is -0.959. The number of unbranched alkanes of at least 4 members (excludes halogenated alkanes) is 14. The predicted molar refractivity (Wildman–Crippen MR) is 205 cm³/mol. The van der Waals surface area contributed by atoms with Crippen LogP contribution in [0.25, 0.3) is 0 Å². The maximum absolute atomic E-state index is 12.6. The third-order valence-electron chi connectivity index (χ3n) is 7.97. The highest BCUT2D eigenvalue weighted by atomic mass is 31.2. The van der Waals surface area contributed by atoms with Crippen LogP contribution in [0.2, 0.25) is 0 Å². The van der Waals surface area contributed by atoms with Gasteiger partial charge < -0.3 is 24.6 Å². The summed E-state index contributed by atoms with van der Waals surface area (Å²) >= 11 is 0. The van der Waals surface area contributed by atoms with Crippen molar-refractivity contribution in [2.24, 2.45) is 0 Å². The molecule has 0 aliphatic rings. The van der Waals surface area contributed by atoms with Gasteiger partial charge >= 0.3 is 19.8 Å². The van der Waals surface area contributed by atoms with E-state index in [0.717, 1.165) is 89.9 Å². The molecule has 3 atom stereocenters. The van der Waals surface area contributed by atoms with Crippen LogP contribution in [0.5, 0.6) is 0 Å². The summed E-state index contributed by atoms with van der Waals surface area (Å²) in [5, 5.41) is 18.3. The van der Waals surface area contributed by atoms with Gasteiger partial charge in [0.2, 0.25) is 0 Å². The number of phosphoric ester groups is 1.